The molecule has 0 radical (unpaired) electrons. The largest absolute Gasteiger partial charge is 0.303 e. The highest BCUT2D eigenvalue weighted by molar-refractivity contribution is 6.78. The van der Waals surface area contributed by atoms with Crippen LogP contribution in [0.1, 0.15) is 38.2 Å². The second kappa shape index (κ2) is 6.71. The van der Waals surface area contributed by atoms with E-state index in [-0.39, 0.29) is 0 Å². The molecule has 1 aromatic rings. The van der Waals surface area contributed by atoms with E-state index in [9.17, 15) is 0 Å². The van der Waals surface area contributed by atoms with Gasteiger partial charge in [0, 0.05) is 5.67 Å². The van der Waals surface area contributed by atoms with Gasteiger partial charge in [0.1, 0.15) is 0 Å². The van der Waals surface area contributed by atoms with Crippen molar-refractivity contribution in [2.75, 3.05) is 13.1 Å². The monoisotopic (exact) mass is 275 g/mol. The normalized spacial score (nSPS) is 19.3. The van der Waals surface area contributed by atoms with Gasteiger partial charge >= 0.3 is 0 Å². The van der Waals surface area contributed by atoms with Gasteiger partial charge in [-0.2, -0.15) is 0 Å². The molecule has 0 amide bonds. The topological polar surface area (TPSA) is 3.24 Å². The van der Waals surface area contributed by atoms with Gasteiger partial charge in [0.15, 0.2) is 0 Å². The van der Waals surface area contributed by atoms with Crippen molar-refractivity contribution in [3.8, 4) is 0 Å². The number of likely N-dealkylation sites (tertiary alicyclic amines) is 1. The summed E-state index contributed by atoms with van der Waals surface area (Å²) in [5.74, 6) is 0. The van der Waals surface area contributed by atoms with E-state index in [1.165, 1.54) is 50.4 Å². The summed E-state index contributed by atoms with van der Waals surface area (Å²) in [6.07, 6.45) is 5.58. The molecule has 1 saturated heterocycles. The van der Waals surface area contributed by atoms with Crippen LogP contribution in [0.4, 0.5) is 0 Å². The second-order valence-corrected chi connectivity index (χ2v) is 11.7. The fourth-order valence-corrected chi connectivity index (χ4v) is 7.65. The van der Waals surface area contributed by atoms with Crippen LogP contribution in [0, 0.1) is 0 Å². The SMILES string of the molecule is CCC(N1CCCCC1)[Si](C)(C)Cc1ccccc1. The maximum atomic E-state index is 2.80. The van der Waals surface area contributed by atoms with Crippen LogP contribution in [-0.2, 0) is 6.04 Å². The summed E-state index contributed by atoms with van der Waals surface area (Å²) < 4.78 is 0. The van der Waals surface area contributed by atoms with Crippen LogP contribution in [0.15, 0.2) is 30.3 Å². The van der Waals surface area contributed by atoms with Gasteiger partial charge < -0.3 is 4.90 Å². The molecule has 1 atom stereocenters. The first-order valence-electron chi connectivity index (χ1n) is 7.91. The fourth-order valence-electron chi connectivity index (χ4n) is 3.77. The van der Waals surface area contributed by atoms with E-state index < -0.39 is 8.07 Å². The zero-order valence-corrected chi connectivity index (χ0v) is 13.9. The number of piperidine rings is 1. The molecule has 0 aromatic heterocycles. The first-order chi connectivity index (χ1) is 9.13. The van der Waals surface area contributed by atoms with Gasteiger partial charge in [-0.25, -0.2) is 0 Å². The van der Waals surface area contributed by atoms with Crippen molar-refractivity contribution in [1.82, 2.24) is 4.90 Å². The lowest BCUT2D eigenvalue weighted by atomic mass is 10.1. The molecule has 0 bridgehead atoms. The first-order valence-corrected chi connectivity index (χ1v) is 11.2. The predicted octanol–water partition coefficient (Wildman–Crippen LogP) is 4.28. The molecule has 0 spiro atoms. The van der Waals surface area contributed by atoms with Crippen LogP contribution in [0.3, 0.4) is 0 Å². The van der Waals surface area contributed by atoms with Crippen molar-refractivity contribution in [3.05, 3.63) is 35.9 Å². The molecule has 106 valence electrons. The van der Waals surface area contributed by atoms with Crippen molar-refractivity contribution in [1.29, 1.82) is 0 Å². The van der Waals surface area contributed by atoms with E-state index >= 15 is 0 Å². The molecule has 1 aliphatic heterocycles. The van der Waals surface area contributed by atoms with Crippen LogP contribution in [0.2, 0.25) is 13.1 Å². The van der Waals surface area contributed by atoms with E-state index in [2.05, 4.69) is 55.2 Å². The molecule has 1 unspecified atom stereocenters. The van der Waals surface area contributed by atoms with Crippen LogP contribution in [0.5, 0.6) is 0 Å². The minimum absolute atomic E-state index is 0.855. The number of benzene rings is 1. The molecule has 1 nitrogen and oxygen atoms in total. The van der Waals surface area contributed by atoms with E-state index in [1.807, 2.05) is 0 Å². The number of hydrogen-bond donors (Lipinski definition) is 0. The van der Waals surface area contributed by atoms with E-state index in [4.69, 9.17) is 0 Å². The molecule has 2 heteroatoms. The van der Waals surface area contributed by atoms with Crippen LogP contribution in [-0.4, -0.2) is 31.7 Å². The zero-order valence-electron chi connectivity index (χ0n) is 12.9. The highest BCUT2D eigenvalue weighted by atomic mass is 28.3. The van der Waals surface area contributed by atoms with Gasteiger partial charge in [0.25, 0.3) is 0 Å². The molecule has 19 heavy (non-hydrogen) atoms. The van der Waals surface area contributed by atoms with Crippen molar-refractivity contribution < 1.29 is 0 Å². The van der Waals surface area contributed by atoms with Gasteiger partial charge in [-0.3, -0.25) is 0 Å². The Labute approximate surface area is 120 Å². The van der Waals surface area contributed by atoms with Crippen molar-refractivity contribution >= 4 is 8.07 Å². The predicted molar refractivity (Wildman–Crippen MR) is 87.1 cm³/mol. The van der Waals surface area contributed by atoms with Crippen molar-refractivity contribution in [3.63, 3.8) is 0 Å². The summed E-state index contributed by atoms with van der Waals surface area (Å²) >= 11 is 0. The molecule has 0 aliphatic carbocycles. The Bertz CT molecular complexity index is 368. The van der Waals surface area contributed by atoms with E-state index in [1.54, 1.807) is 0 Å². The molecule has 1 heterocycles. The third-order valence-electron chi connectivity index (χ3n) is 4.62. The lowest BCUT2D eigenvalue weighted by Gasteiger charge is -2.42. The molecule has 2 rings (SSSR count). The van der Waals surface area contributed by atoms with Crippen LogP contribution < -0.4 is 0 Å². The molecule has 1 aliphatic rings. The van der Waals surface area contributed by atoms with Gasteiger partial charge in [-0.1, -0.05) is 62.3 Å². The van der Waals surface area contributed by atoms with Crippen LogP contribution in [0.25, 0.3) is 0 Å². The number of hydrogen-bond acceptors (Lipinski definition) is 1. The second-order valence-electron chi connectivity index (χ2n) is 6.67. The summed E-state index contributed by atoms with van der Waals surface area (Å²) in [6.45, 7) is 10.2. The molecule has 0 N–H and O–H groups in total. The van der Waals surface area contributed by atoms with Gasteiger partial charge in [-0.05, 0) is 38.4 Å². The minimum atomic E-state index is -1.24. The summed E-state index contributed by atoms with van der Waals surface area (Å²) in [5, 5.41) is 0. The molecule has 0 saturated carbocycles. The Morgan fingerprint density at radius 3 is 2.26 bits per heavy atom. The zero-order chi connectivity index (χ0) is 13.7. The van der Waals surface area contributed by atoms with Crippen molar-refractivity contribution in [2.45, 2.75) is 57.4 Å². The smallest absolute Gasteiger partial charge is 0.0711 e. The minimum Gasteiger partial charge on any atom is -0.303 e. The highest BCUT2D eigenvalue weighted by Gasteiger charge is 2.35. The van der Waals surface area contributed by atoms with Crippen molar-refractivity contribution in [2.24, 2.45) is 0 Å². The van der Waals surface area contributed by atoms with E-state index in [0.717, 1.165) is 5.67 Å². The highest BCUT2D eigenvalue weighted by Crippen LogP contribution is 2.25. The van der Waals surface area contributed by atoms with Gasteiger partial charge in [0.05, 0.1) is 8.07 Å². The maximum absolute atomic E-state index is 2.80. The summed E-state index contributed by atoms with van der Waals surface area (Å²) in [6, 6.07) is 12.4. The molecule has 1 aromatic carbocycles. The standard InChI is InChI=1S/C17H29NSi/c1-4-17(18-13-9-6-10-14-18)19(2,3)15-16-11-7-5-8-12-16/h5,7-8,11-12,17H,4,6,9-10,13-15H2,1-3H3. The third-order valence-corrected chi connectivity index (χ3v) is 8.52. The Hall–Kier alpha value is -0.603. The summed E-state index contributed by atoms with van der Waals surface area (Å²) in [7, 11) is -1.24. The summed E-state index contributed by atoms with van der Waals surface area (Å²) in [4.78, 5) is 2.80. The molecular formula is C17H29NSi. The Kier molecular flexibility index (Phi) is 5.23. The first kappa shape index (κ1) is 14.8. The quantitative estimate of drug-likeness (QED) is 0.725. The molecule has 1 fully saturated rings. The Morgan fingerprint density at radius 1 is 1.05 bits per heavy atom. The Balaban J connectivity index is 2.06. The fraction of sp³-hybridized carbons (Fsp3) is 0.647. The lowest BCUT2D eigenvalue weighted by Crippen LogP contribution is -2.55. The molecular weight excluding hydrogens is 246 g/mol. The average molecular weight is 276 g/mol. The van der Waals surface area contributed by atoms with Gasteiger partial charge in [0.2, 0.25) is 0 Å². The lowest BCUT2D eigenvalue weighted by molar-refractivity contribution is 0.198. The van der Waals surface area contributed by atoms with Crippen LogP contribution >= 0.6 is 0 Å². The van der Waals surface area contributed by atoms with Gasteiger partial charge in [-0.15, -0.1) is 0 Å². The average Bonchev–Trinajstić information content (AvgIpc) is 2.41. The third kappa shape index (κ3) is 3.93. The Morgan fingerprint density at radius 2 is 1.68 bits per heavy atom. The summed E-state index contributed by atoms with van der Waals surface area (Å²) in [5.41, 5.74) is 2.39. The number of rotatable bonds is 5. The van der Waals surface area contributed by atoms with E-state index in [0.29, 0.717) is 0 Å². The number of nitrogens with zero attached hydrogens (tertiary/aromatic N) is 1. The maximum Gasteiger partial charge on any atom is 0.0711 e.